The molecule has 4 amide bonds. The van der Waals surface area contributed by atoms with Gasteiger partial charge in [-0.3, -0.25) is 14.9 Å². The fraction of sp³-hybridized carbons (Fsp3) is 0.400. The van der Waals surface area contributed by atoms with E-state index in [1.807, 2.05) is 0 Å². The Morgan fingerprint density at radius 2 is 1.77 bits per heavy atom. The number of urea groups is 1. The number of nitrogens with one attached hydrogen (secondary N) is 3. The van der Waals surface area contributed by atoms with Crippen molar-refractivity contribution in [3.63, 3.8) is 0 Å². The van der Waals surface area contributed by atoms with E-state index in [1.165, 1.54) is 0 Å². The standard InChI is InChI=1S/C15H18N4O3/c1-15(13(21)17-14(22)18-15)11-4-2-10(3-5-11)12(20)19-8-6-16-7-9-19/h2-5,16H,6-9H2,1H3,(H2,17,18,21,22)/t15-/m1/s1. The molecule has 116 valence electrons. The summed E-state index contributed by atoms with van der Waals surface area (Å²) < 4.78 is 0. The lowest BCUT2D eigenvalue weighted by molar-refractivity contribution is -0.123. The first-order valence-corrected chi connectivity index (χ1v) is 7.25. The van der Waals surface area contributed by atoms with Gasteiger partial charge in [0, 0.05) is 31.7 Å². The molecular formula is C15H18N4O3. The molecule has 0 saturated carbocycles. The first kappa shape index (κ1) is 14.5. The number of carbonyl (C=O) groups is 3. The van der Waals surface area contributed by atoms with E-state index in [4.69, 9.17) is 0 Å². The highest BCUT2D eigenvalue weighted by molar-refractivity contribution is 6.07. The van der Waals surface area contributed by atoms with E-state index in [0.717, 1.165) is 13.1 Å². The lowest BCUT2D eigenvalue weighted by Crippen LogP contribution is -2.46. The van der Waals surface area contributed by atoms with Crippen LogP contribution in [-0.2, 0) is 10.3 Å². The van der Waals surface area contributed by atoms with Crippen molar-refractivity contribution in [1.29, 1.82) is 0 Å². The summed E-state index contributed by atoms with van der Waals surface area (Å²) in [5, 5.41) is 8.03. The van der Waals surface area contributed by atoms with Gasteiger partial charge in [0.2, 0.25) is 0 Å². The van der Waals surface area contributed by atoms with Crippen molar-refractivity contribution in [3.8, 4) is 0 Å². The fourth-order valence-corrected chi connectivity index (χ4v) is 2.74. The van der Waals surface area contributed by atoms with Gasteiger partial charge in [0.15, 0.2) is 0 Å². The summed E-state index contributed by atoms with van der Waals surface area (Å²) in [5.74, 6) is -0.406. The van der Waals surface area contributed by atoms with Crippen molar-refractivity contribution in [2.45, 2.75) is 12.5 Å². The van der Waals surface area contributed by atoms with Crippen LogP contribution in [0.15, 0.2) is 24.3 Å². The zero-order chi connectivity index (χ0) is 15.7. The minimum atomic E-state index is -1.09. The molecule has 7 heteroatoms. The van der Waals surface area contributed by atoms with Crippen LogP contribution in [0.25, 0.3) is 0 Å². The first-order chi connectivity index (χ1) is 10.5. The van der Waals surface area contributed by atoms with Gasteiger partial charge >= 0.3 is 6.03 Å². The Morgan fingerprint density at radius 3 is 2.32 bits per heavy atom. The molecule has 7 nitrogen and oxygen atoms in total. The minimum absolute atomic E-state index is 0.0156. The van der Waals surface area contributed by atoms with Crippen LogP contribution in [0.3, 0.4) is 0 Å². The van der Waals surface area contributed by atoms with Gasteiger partial charge in [0.05, 0.1) is 0 Å². The second-order valence-electron chi connectivity index (χ2n) is 5.65. The van der Waals surface area contributed by atoms with Gasteiger partial charge in [-0.1, -0.05) is 12.1 Å². The Labute approximate surface area is 128 Å². The third-order valence-electron chi connectivity index (χ3n) is 4.16. The largest absolute Gasteiger partial charge is 0.336 e. The summed E-state index contributed by atoms with van der Waals surface area (Å²) >= 11 is 0. The summed E-state index contributed by atoms with van der Waals surface area (Å²) in [4.78, 5) is 37.4. The maximum atomic E-state index is 12.4. The molecule has 2 aliphatic heterocycles. The Bertz CT molecular complexity index is 622. The lowest BCUT2D eigenvalue weighted by Gasteiger charge is -2.27. The molecule has 0 radical (unpaired) electrons. The van der Waals surface area contributed by atoms with Gasteiger partial charge in [-0.2, -0.15) is 0 Å². The fourth-order valence-electron chi connectivity index (χ4n) is 2.74. The molecule has 22 heavy (non-hydrogen) atoms. The van der Waals surface area contributed by atoms with Crippen LogP contribution >= 0.6 is 0 Å². The molecule has 0 spiro atoms. The quantitative estimate of drug-likeness (QED) is 0.659. The number of nitrogens with zero attached hydrogens (tertiary/aromatic N) is 1. The van der Waals surface area contributed by atoms with Gasteiger partial charge in [-0.15, -0.1) is 0 Å². The van der Waals surface area contributed by atoms with Crippen molar-refractivity contribution in [3.05, 3.63) is 35.4 Å². The van der Waals surface area contributed by atoms with E-state index in [1.54, 1.807) is 36.1 Å². The number of hydrogen-bond acceptors (Lipinski definition) is 4. The zero-order valence-electron chi connectivity index (χ0n) is 12.3. The SMILES string of the molecule is C[C@]1(c2ccc(C(=O)N3CCNCC3)cc2)NC(=O)NC1=O. The number of imide groups is 1. The molecule has 0 aliphatic carbocycles. The number of hydrogen-bond donors (Lipinski definition) is 3. The molecule has 0 aromatic heterocycles. The average molecular weight is 302 g/mol. The Balaban J connectivity index is 1.79. The third-order valence-corrected chi connectivity index (χ3v) is 4.16. The average Bonchev–Trinajstić information content (AvgIpc) is 2.81. The van der Waals surface area contributed by atoms with Crippen LogP contribution in [0.2, 0.25) is 0 Å². The molecular weight excluding hydrogens is 284 g/mol. The predicted molar refractivity (Wildman–Crippen MR) is 79.2 cm³/mol. The van der Waals surface area contributed by atoms with Crippen LogP contribution in [0.5, 0.6) is 0 Å². The molecule has 1 aromatic rings. The van der Waals surface area contributed by atoms with Crippen LogP contribution in [0, 0.1) is 0 Å². The van der Waals surface area contributed by atoms with Crippen molar-refractivity contribution in [2.75, 3.05) is 26.2 Å². The molecule has 1 aromatic carbocycles. The van der Waals surface area contributed by atoms with E-state index in [0.29, 0.717) is 24.2 Å². The van der Waals surface area contributed by atoms with E-state index in [2.05, 4.69) is 16.0 Å². The van der Waals surface area contributed by atoms with Crippen molar-refractivity contribution in [1.82, 2.24) is 20.9 Å². The Hall–Kier alpha value is -2.41. The van der Waals surface area contributed by atoms with Crippen molar-refractivity contribution in [2.24, 2.45) is 0 Å². The number of rotatable bonds is 2. The summed E-state index contributed by atoms with van der Waals surface area (Å²) in [6, 6.07) is 6.31. The highest BCUT2D eigenvalue weighted by atomic mass is 16.2. The smallest absolute Gasteiger partial charge is 0.322 e. The molecule has 2 heterocycles. The predicted octanol–water partition coefficient (Wildman–Crippen LogP) is -0.213. The van der Waals surface area contributed by atoms with Gasteiger partial charge in [-0.25, -0.2) is 4.79 Å². The molecule has 2 aliphatic rings. The molecule has 3 rings (SSSR count). The first-order valence-electron chi connectivity index (χ1n) is 7.25. The van der Waals surface area contributed by atoms with Crippen LogP contribution < -0.4 is 16.0 Å². The summed E-state index contributed by atoms with van der Waals surface area (Å²) in [5.41, 5.74) is 0.139. The number of amides is 4. The number of benzene rings is 1. The van der Waals surface area contributed by atoms with Crippen LogP contribution in [-0.4, -0.2) is 48.9 Å². The second kappa shape index (κ2) is 5.42. The summed E-state index contributed by atoms with van der Waals surface area (Å²) in [6.45, 7) is 4.62. The van der Waals surface area contributed by atoms with Gasteiger partial charge in [-0.05, 0) is 24.6 Å². The number of carbonyl (C=O) groups excluding carboxylic acids is 3. The number of piperazine rings is 1. The maximum absolute atomic E-state index is 12.4. The third kappa shape index (κ3) is 2.43. The zero-order valence-corrected chi connectivity index (χ0v) is 12.3. The van der Waals surface area contributed by atoms with Crippen molar-refractivity contribution < 1.29 is 14.4 Å². The van der Waals surface area contributed by atoms with Gasteiger partial charge in [0.1, 0.15) is 5.54 Å². The monoisotopic (exact) mass is 302 g/mol. The molecule has 0 unspecified atom stereocenters. The van der Waals surface area contributed by atoms with Crippen molar-refractivity contribution >= 4 is 17.8 Å². The van der Waals surface area contributed by atoms with E-state index < -0.39 is 17.5 Å². The van der Waals surface area contributed by atoms with Crippen LogP contribution in [0.1, 0.15) is 22.8 Å². The van der Waals surface area contributed by atoms with Gasteiger partial charge in [0.25, 0.3) is 11.8 Å². The Kier molecular flexibility index (Phi) is 3.58. The molecule has 0 bridgehead atoms. The normalized spacial score (nSPS) is 24.9. The van der Waals surface area contributed by atoms with Gasteiger partial charge < -0.3 is 15.5 Å². The summed E-state index contributed by atoms with van der Waals surface area (Å²) in [7, 11) is 0. The molecule has 2 saturated heterocycles. The highest BCUT2D eigenvalue weighted by Gasteiger charge is 2.43. The minimum Gasteiger partial charge on any atom is -0.336 e. The van der Waals surface area contributed by atoms with E-state index >= 15 is 0 Å². The second-order valence-corrected chi connectivity index (χ2v) is 5.65. The topological polar surface area (TPSA) is 90.5 Å². The highest BCUT2D eigenvalue weighted by Crippen LogP contribution is 2.24. The maximum Gasteiger partial charge on any atom is 0.322 e. The molecule has 3 N–H and O–H groups in total. The van der Waals surface area contributed by atoms with E-state index in [9.17, 15) is 14.4 Å². The Morgan fingerprint density at radius 1 is 1.14 bits per heavy atom. The molecule has 2 fully saturated rings. The molecule has 1 atom stereocenters. The summed E-state index contributed by atoms with van der Waals surface area (Å²) in [6.07, 6.45) is 0. The van der Waals surface area contributed by atoms with Crippen LogP contribution in [0.4, 0.5) is 4.79 Å². The lowest BCUT2D eigenvalue weighted by atomic mass is 9.91. The van der Waals surface area contributed by atoms with E-state index in [-0.39, 0.29) is 5.91 Å².